The van der Waals surface area contributed by atoms with Gasteiger partial charge in [0.05, 0.1) is 9.26 Å². The molecular formula is C21H14BrIN2O2. The van der Waals surface area contributed by atoms with E-state index in [4.69, 9.17) is 4.42 Å². The Labute approximate surface area is 178 Å². The van der Waals surface area contributed by atoms with Gasteiger partial charge < -0.3 is 9.52 Å². The van der Waals surface area contributed by atoms with Gasteiger partial charge in [0.15, 0.2) is 5.58 Å². The number of oxazole rings is 1. The summed E-state index contributed by atoms with van der Waals surface area (Å²) in [7, 11) is 0. The van der Waals surface area contributed by atoms with E-state index >= 15 is 0 Å². The zero-order valence-corrected chi connectivity index (χ0v) is 18.0. The first-order valence-electron chi connectivity index (χ1n) is 8.19. The highest BCUT2D eigenvalue weighted by atomic mass is 127. The molecule has 0 aliphatic rings. The van der Waals surface area contributed by atoms with Gasteiger partial charge in [-0.1, -0.05) is 28.1 Å². The van der Waals surface area contributed by atoms with Crippen molar-refractivity contribution in [3.63, 3.8) is 0 Å². The predicted octanol–water partition coefficient (Wildman–Crippen LogP) is 6.63. The van der Waals surface area contributed by atoms with Crippen LogP contribution in [0.15, 0.2) is 68.5 Å². The molecule has 4 rings (SSSR count). The molecule has 27 heavy (non-hydrogen) atoms. The van der Waals surface area contributed by atoms with Crippen LogP contribution in [0.1, 0.15) is 11.1 Å². The Morgan fingerprint density at radius 2 is 2.00 bits per heavy atom. The summed E-state index contributed by atoms with van der Waals surface area (Å²) in [5.74, 6) is 0.778. The molecule has 0 radical (unpaired) electrons. The molecule has 4 nitrogen and oxygen atoms in total. The van der Waals surface area contributed by atoms with Crippen LogP contribution in [0.25, 0.3) is 22.6 Å². The quantitative estimate of drug-likeness (QED) is 0.238. The Morgan fingerprint density at radius 3 is 2.85 bits per heavy atom. The second kappa shape index (κ2) is 7.44. The number of benzene rings is 3. The molecule has 0 aliphatic heterocycles. The monoisotopic (exact) mass is 532 g/mol. The zero-order chi connectivity index (χ0) is 19.0. The standard InChI is InChI=1S/C21H14BrIN2O2/c1-12-5-6-19-18(7-12)25-21(27-19)13-3-2-4-16(9-13)24-11-14-8-15(22)10-17(23)20(14)26/h2-11,26H,1H3. The van der Waals surface area contributed by atoms with Gasteiger partial charge in [0, 0.05) is 21.8 Å². The van der Waals surface area contributed by atoms with E-state index in [2.05, 4.69) is 48.5 Å². The topological polar surface area (TPSA) is 58.6 Å². The lowest BCUT2D eigenvalue weighted by atomic mass is 10.2. The summed E-state index contributed by atoms with van der Waals surface area (Å²) in [4.78, 5) is 9.07. The smallest absolute Gasteiger partial charge is 0.227 e. The number of aryl methyl sites for hydroxylation is 1. The Bertz CT molecular complexity index is 1180. The van der Waals surface area contributed by atoms with Crippen LogP contribution in [0.2, 0.25) is 0 Å². The number of aromatic hydroxyl groups is 1. The van der Waals surface area contributed by atoms with Crippen LogP contribution in [-0.2, 0) is 0 Å². The molecule has 3 aromatic carbocycles. The molecule has 0 saturated heterocycles. The van der Waals surface area contributed by atoms with Crippen LogP contribution < -0.4 is 0 Å². The molecule has 0 spiro atoms. The second-order valence-corrected chi connectivity index (χ2v) is 8.20. The molecule has 0 fully saturated rings. The number of fused-ring (bicyclic) bond motifs is 1. The Morgan fingerprint density at radius 1 is 1.15 bits per heavy atom. The number of halogens is 2. The minimum Gasteiger partial charge on any atom is -0.506 e. The summed E-state index contributed by atoms with van der Waals surface area (Å²) in [6, 6.07) is 17.3. The van der Waals surface area contributed by atoms with Gasteiger partial charge in [-0.2, -0.15) is 0 Å². The largest absolute Gasteiger partial charge is 0.506 e. The lowest BCUT2D eigenvalue weighted by Crippen LogP contribution is -1.86. The first kappa shape index (κ1) is 18.2. The fraction of sp³-hybridized carbons (Fsp3) is 0.0476. The molecule has 1 heterocycles. The van der Waals surface area contributed by atoms with E-state index in [1.807, 2.05) is 61.5 Å². The highest BCUT2D eigenvalue weighted by molar-refractivity contribution is 14.1. The Balaban J connectivity index is 1.68. The number of phenols is 1. The number of aromatic nitrogens is 1. The normalized spacial score (nSPS) is 11.5. The van der Waals surface area contributed by atoms with Gasteiger partial charge >= 0.3 is 0 Å². The van der Waals surface area contributed by atoms with E-state index in [0.29, 0.717) is 11.5 Å². The van der Waals surface area contributed by atoms with Gasteiger partial charge in [0.1, 0.15) is 11.3 Å². The van der Waals surface area contributed by atoms with Gasteiger partial charge in [0.25, 0.3) is 0 Å². The van der Waals surface area contributed by atoms with Crippen LogP contribution in [-0.4, -0.2) is 16.3 Å². The van der Waals surface area contributed by atoms with Gasteiger partial charge in [-0.05, 0) is 77.5 Å². The van der Waals surface area contributed by atoms with E-state index in [0.717, 1.165) is 36.0 Å². The molecule has 6 heteroatoms. The van der Waals surface area contributed by atoms with Crippen molar-refractivity contribution in [3.8, 4) is 17.2 Å². The molecule has 1 N–H and O–H groups in total. The molecule has 1 aromatic heterocycles. The van der Waals surface area contributed by atoms with E-state index in [-0.39, 0.29) is 5.75 Å². The van der Waals surface area contributed by atoms with Crippen molar-refractivity contribution in [2.24, 2.45) is 4.99 Å². The summed E-state index contributed by atoms with van der Waals surface area (Å²) in [5.41, 5.74) is 5.00. The second-order valence-electron chi connectivity index (χ2n) is 6.12. The maximum absolute atomic E-state index is 10.2. The Kier molecular flexibility index (Phi) is 5.01. The SMILES string of the molecule is Cc1ccc2oc(-c3cccc(N=Cc4cc(Br)cc(I)c4O)c3)nc2c1. The van der Waals surface area contributed by atoms with E-state index in [1.54, 1.807) is 6.21 Å². The lowest BCUT2D eigenvalue weighted by Gasteiger charge is -2.03. The first-order valence-corrected chi connectivity index (χ1v) is 10.1. The molecule has 0 atom stereocenters. The van der Waals surface area contributed by atoms with E-state index in [9.17, 15) is 5.11 Å². The van der Waals surface area contributed by atoms with Crippen molar-refractivity contribution in [2.45, 2.75) is 6.92 Å². The first-order chi connectivity index (χ1) is 13.0. The molecular weight excluding hydrogens is 519 g/mol. The van der Waals surface area contributed by atoms with Crippen LogP contribution in [0.5, 0.6) is 5.75 Å². The Hall–Kier alpha value is -2.19. The van der Waals surface area contributed by atoms with Crippen LogP contribution in [0, 0.1) is 10.5 Å². The van der Waals surface area contributed by atoms with Crippen molar-refractivity contribution in [1.82, 2.24) is 4.98 Å². The average Bonchev–Trinajstić information content (AvgIpc) is 3.07. The number of phenolic OH excluding ortho intramolecular Hbond substituents is 1. The van der Waals surface area contributed by atoms with E-state index in [1.165, 1.54) is 0 Å². The summed E-state index contributed by atoms with van der Waals surface area (Å²) >= 11 is 5.53. The molecule has 0 amide bonds. The predicted molar refractivity (Wildman–Crippen MR) is 120 cm³/mol. The molecule has 0 aliphatic carbocycles. The highest BCUT2D eigenvalue weighted by Gasteiger charge is 2.09. The highest BCUT2D eigenvalue weighted by Crippen LogP contribution is 2.30. The van der Waals surface area contributed by atoms with Crippen molar-refractivity contribution in [1.29, 1.82) is 0 Å². The van der Waals surface area contributed by atoms with E-state index < -0.39 is 0 Å². The maximum atomic E-state index is 10.2. The summed E-state index contributed by atoms with van der Waals surface area (Å²) in [6.07, 6.45) is 1.65. The molecule has 0 saturated carbocycles. The minimum absolute atomic E-state index is 0.216. The van der Waals surface area contributed by atoms with Crippen LogP contribution >= 0.6 is 38.5 Å². The van der Waals surface area contributed by atoms with Gasteiger partial charge in [-0.25, -0.2) is 4.98 Å². The minimum atomic E-state index is 0.216. The number of nitrogens with zero attached hydrogens (tertiary/aromatic N) is 2. The third-order valence-electron chi connectivity index (χ3n) is 4.05. The zero-order valence-electron chi connectivity index (χ0n) is 14.3. The van der Waals surface area contributed by atoms with Gasteiger partial charge in [-0.3, -0.25) is 4.99 Å². The summed E-state index contributed by atoms with van der Waals surface area (Å²) in [6.45, 7) is 2.03. The maximum Gasteiger partial charge on any atom is 0.227 e. The summed E-state index contributed by atoms with van der Waals surface area (Å²) in [5, 5.41) is 10.2. The van der Waals surface area contributed by atoms with Crippen LogP contribution in [0.4, 0.5) is 5.69 Å². The molecule has 0 unspecified atom stereocenters. The van der Waals surface area contributed by atoms with Crippen molar-refractivity contribution in [2.75, 3.05) is 0 Å². The average molecular weight is 533 g/mol. The van der Waals surface area contributed by atoms with Crippen molar-refractivity contribution >= 4 is 61.5 Å². The molecule has 0 bridgehead atoms. The lowest BCUT2D eigenvalue weighted by molar-refractivity contribution is 0.470. The van der Waals surface area contributed by atoms with Crippen molar-refractivity contribution < 1.29 is 9.52 Å². The number of aliphatic imine (C=N–C) groups is 1. The fourth-order valence-electron chi connectivity index (χ4n) is 2.71. The van der Waals surface area contributed by atoms with Crippen molar-refractivity contribution in [3.05, 3.63) is 73.8 Å². The number of hydrogen-bond acceptors (Lipinski definition) is 4. The van der Waals surface area contributed by atoms with Gasteiger partial charge in [0.2, 0.25) is 5.89 Å². The van der Waals surface area contributed by atoms with Gasteiger partial charge in [-0.15, -0.1) is 0 Å². The number of hydrogen-bond donors (Lipinski definition) is 1. The molecule has 134 valence electrons. The summed E-state index contributed by atoms with van der Waals surface area (Å²) < 4.78 is 7.52. The van der Waals surface area contributed by atoms with Crippen LogP contribution in [0.3, 0.4) is 0 Å². The number of rotatable bonds is 3. The third-order valence-corrected chi connectivity index (χ3v) is 5.33. The molecule has 4 aromatic rings. The fourth-order valence-corrected chi connectivity index (χ4v) is 4.26. The third kappa shape index (κ3) is 3.91.